The molecule has 1 amide bonds. The number of furan rings is 1. The van der Waals surface area contributed by atoms with Crippen LogP contribution in [0.5, 0.6) is 0 Å². The minimum Gasteiger partial charge on any atom is -0.459 e. The van der Waals surface area contributed by atoms with Gasteiger partial charge in [0.2, 0.25) is 5.91 Å². The first-order valence-corrected chi connectivity index (χ1v) is 8.79. The lowest BCUT2D eigenvalue weighted by atomic mass is 10.1. The second-order valence-corrected chi connectivity index (χ2v) is 6.42. The predicted molar refractivity (Wildman–Crippen MR) is 101 cm³/mol. The van der Waals surface area contributed by atoms with Crippen LogP contribution in [0.25, 0.3) is 11.3 Å². The number of nitrogens with one attached hydrogen (secondary N) is 1. The average Bonchev–Trinajstić information content (AvgIpc) is 3.14. The fourth-order valence-corrected chi connectivity index (χ4v) is 2.65. The smallest absolute Gasteiger partial charge is 0.220 e. The Morgan fingerprint density at radius 3 is 2.33 bits per heavy atom. The Morgan fingerprint density at radius 2 is 1.63 bits per heavy atom. The summed E-state index contributed by atoms with van der Waals surface area (Å²) in [5.74, 6) is 0.435. The number of rotatable bonds is 7. The van der Waals surface area contributed by atoms with E-state index in [1.165, 1.54) is 24.3 Å². The highest BCUT2D eigenvalue weighted by atomic mass is 35.5. The highest BCUT2D eigenvalue weighted by Gasteiger charge is 2.11. The maximum atomic E-state index is 12.9. The van der Waals surface area contributed by atoms with Crippen LogP contribution in [0.15, 0.2) is 65.1 Å². The summed E-state index contributed by atoms with van der Waals surface area (Å²) >= 11 is 5.87. The Labute approximate surface area is 161 Å². The zero-order chi connectivity index (χ0) is 19.2. The summed E-state index contributed by atoms with van der Waals surface area (Å²) in [6, 6.07) is 16.1. The monoisotopic (exact) mass is 385 g/mol. The third-order valence-corrected chi connectivity index (χ3v) is 4.25. The topological polar surface area (TPSA) is 59.3 Å². The summed E-state index contributed by atoms with van der Waals surface area (Å²) in [7, 11) is 0. The zero-order valence-corrected chi connectivity index (χ0v) is 15.1. The number of carbonyl (C=O) groups is 2. The lowest BCUT2D eigenvalue weighted by molar-refractivity contribution is -0.121. The van der Waals surface area contributed by atoms with Crippen LogP contribution in [-0.4, -0.2) is 11.7 Å². The first kappa shape index (κ1) is 18.9. The second kappa shape index (κ2) is 8.64. The summed E-state index contributed by atoms with van der Waals surface area (Å²) < 4.78 is 18.6. The van der Waals surface area contributed by atoms with Gasteiger partial charge in [0.1, 0.15) is 17.3 Å². The molecule has 0 radical (unpaired) electrons. The van der Waals surface area contributed by atoms with Crippen molar-refractivity contribution in [1.29, 1.82) is 0 Å². The number of hydrogen-bond donors (Lipinski definition) is 1. The van der Waals surface area contributed by atoms with Crippen molar-refractivity contribution in [3.63, 3.8) is 0 Å². The molecule has 3 aromatic rings. The van der Waals surface area contributed by atoms with Crippen molar-refractivity contribution >= 4 is 23.3 Å². The molecule has 1 heterocycles. The molecule has 2 aromatic carbocycles. The fourth-order valence-electron chi connectivity index (χ4n) is 2.52. The molecule has 0 aliphatic rings. The Kier molecular flexibility index (Phi) is 6.04. The van der Waals surface area contributed by atoms with Crippen molar-refractivity contribution in [3.8, 4) is 11.3 Å². The van der Waals surface area contributed by atoms with Crippen LogP contribution in [0.4, 0.5) is 4.39 Å². The number of amides is 1. The molecule has 0 saturated carbocycles. The molecule has 0 unspecified atom stereocenters. The van der Waals surface area contributed by atoms with Gasteiger partial charge in [-0.3, -0.25) is 9.59 Å². The maximum absolute atomic E-state index is 12.9. The van der Waals surface area contributed by atoms with Gasteiger partial charge in [-0.1, -0.05) is 11.6 Å². The third-order valence-electron chi connectivity index (χ3n) is 4.00. The van der Waals surface area contributed by atoms with E-state index >= 15 is 0 Å². The predicted octanol–water partition coefficient (Wildman–Crippen LogP) is 5.02. The van der Waals surface area contributed by atoms with Gasteiger partial charge in [0.05, 0.1) is 6.54 Å². The summed E-state index contributed by atoms with van der Waals surface area (Å²) in [6.07, 6.45) is 0.118. The van der Waals surface area contributed by atoms with Gasteiger partial charge in [-0.15, -0.1) is 0 Å². The zero-order valence-electron chi connectivity index (χ0n) is 14.4. The van der Waals surface area contributed by atoms with E-state index in [0.29, 0.717) is 22.1 Å². The number of ketones is 1. The van der Waals surface area contributed by atoms with Gasteiger partial charge in [-0.2, -0.15) is 0 Å². The van der Waals surface area contributed by atoms with E-state index in [2.05, 4.69) is 5.32 Å². The molecule has 138 valence electrons. The highest BCUT2D eigenvalue weighted by molar-refractivity contribution is 6.30. The van der Waals surface area contributed by atoms with E-state index in [9.17, 15) is 14.0 Å². The molecule has 0 atom stereocenters. The van der Waals surface area contributed by atoms with E-state index in [4.69, 9.17) is 16.0 Å². The number of Topliss-reactive ketones (excluding diaryl/α,β-unsaturated/α-hetero) is 1. The number of carbonyl (C=O) groups excluding carboxylic acids is 2. The highest BCUT2D eigenvalue weighted by Crippen LogP contribution is 2.23. The standard InChI is InChI=1S/C21H17ClFNO3/c22-16-5-1-15(2-6-16)20-11-9-18(27-20)13-24-21(26)12-10-19(25)14-3-7-17(23)8-4-14/h1-9,11H,10,12-13H2,(H,24,26). The van der Waals surface area contributed by atoms with E-state index in [1.807, 2.05) is 18.2 Å². The Hall–Kier alpha value is -2.92. The van der Waals surface area contributed by atoms with E-state index in [-0.39, 0.29) is 31.1 Å². The minimum atomic E-state index is -0.402. The molecule has 3 rings (SSSR count). The molecule has 6 heteroatoms. The Bertz CT molecular complexity index is 933. The van der Waals surface area contributed by atoms with Gasteiger partial charge < -0.3 is 9.73 Å². The van der Waals surface area contributed by atoms with Crippen LogP contribution in [0.2, 0.25) is 5.02 Å². The van der Waals surface area contributed by atoms with Crippen LogP contribution < -0.4 is 5.32 Å². The van der Waals surface area contributed by atoms with Gasteiger partial charge in [-0.25, -0.2) is 4.39 Å². The normalized spacial score (nSPS) is 10.6. The van der Waals surface area contributed by atoms with Crippen LogP contribution in [0.1, 0.15) is 29.0 Å². The molecule has 0 saturated heterocycles. The fraction of sp³-hybridized carbons (Fsp3) is 0.143. The Morgan fingerprint density at radius 1 is 0.926 bits per heavy atom. The van der Waals surface area contributed by atoms with E-state index < -0.39 is 5.82 Å². The molecule has 4 nitrogen and oxygen atoms in total. The lowest BCUT2D eigenvalue weighted by Gasteiger charge is -2.04. The summed E-state index contributed by atoms with van der Waals surface area (Å²) in [5.41, 5.74) is 1.28. The van der Waals surface area contributed by atoms with Crippen molar-refractivity contribution in [2.75, 3.05) is 0 Å². The first-order valence-electron chi connectivity index (χ1n) is 8.41. The number of halogens is 2. The first-order chi connectivity index (χ1) is 13.0. The average molecular weight is 386 g/mol. The van der Waals surface area contributed by atoms with Crippen molar-refractivity contribution in [2.45, 2.75) is 19.4 Å². The van der Waals surface area contributed by atoms with Gasteiger partial charge in [0.15, 0.2) is 5.78 Å². The van der Waals surface area contributed by atoms with Crippen molar-refractivity contribution in [1.82, 2.24) is 5.32 Å². The number of hydrogen-bond acceptors (Lipinski definition) is 3. The molecule has 1 aromatic heterocycles. The lowest BCUT2D eigenvalue weighted by Crippen LogP contribution is -2.23. The van der Waals surface area contributed by atoms with Gasteiger partial charge >= 0.3 is 0 Å². The van der Waals surface area contributed by atoms with Crippen LogP contribution >= 0.6 is 11.6 Å². The molecule has 1 N–H and O–H groups in total. The summed E-state index contributed by atoms with van der Waals surface area (Å²) in [5, 5.41) is 3.37. The van der Waals surface area contributed by atoms with Gasteiger partial charge in [0, 0.05) is 29.0 Å². The molecular formula is C21H17ClFNO3. The maximum Gasteiger partial charge on any atom is 0.220 e. The van der Waals surface area contributed by atoms with Crippen molar-refractivity contribution < 1.29 is 18.4 Å². The molecule has 27 heavy (non-hydrogen) atoms. The van der Waals surface area contributed by atoms with E-state index in [1.54, 1.807) is 18.2 Å². The molecule has 0 aliphatic carbocycles. The second-order valence-electron chi connectivity index (χ2n) is 5.98. The van der Waals surface area contributed by atoms with Crippen LogP contribution in [0, 0.1) is 5.82 Å². The quantitative estimate of drug-likeness (QED) is 0.581. The molecule has 0 aliphatic heterocycles. The van der Waals surface area contributed by atoms with Gasteiger partial charge in [-0.05, 0) is 60.7 Å². The van der Waals surface area contributed by atoms with Crippen LogP contribution in [-0.2, 0) is 11.3 Å². The third kappa shape index (κ3) is 5.28. The Balaban J connectivity index is 1.47. The van der Waals surface area contributed by atoms with Crippen LogP contribution in [0.3, 0.4) is 0 Å². The molecule has 0 fully saturated rings. The minimum absolute atomic E-state index is 0.0565. The molecule has 0 bridgehead atoms. The van der Waals surface area contributed by atoms with Gasteiger partial charge in [0.25, 0.3) is 0 Å². The summed E-state index contributed by atoms with van der Waals surface area (Å²) in [4.78, 5) is 23.9. The summed E-state index contributed by atoms with van der Waals surface area (Å²) in [6.45, 7) is 0.233. The largest absolute Gasteiger partial charge is 0.459 e. The van der Waals surface area contributed by atoms with E-state index in [0.717, 1.165) is 5.56 Å². The van der Waals surface area contributed by atoms with Crippen molar-refractivity contribution in [3.05, 3.63) is 82.8 Å². The molecule has 0 spiro atoms. The SMILES string of the molecule is O=C(CCC(=O)c1ccc(F)cc1)NCc1ccc(-c2ccc(Cl)cc2)o1. The van der Waals surface area contributed by atoms with Crippen molar-refractivity contribution in [2.24, 2.45) is 0 Å². The molecular weight excluding hydrogens is 369 g/mol. The number of benzene rings is 2.